The van der Waals surface area contributed by atoms with Crippen LogP contribution in [0.4, 0.5) is 0 Å². The van der Waals surface area contributed by atoms with E-state index in [0.29, 0.717) is 0 Å². The Hall–Kier alpha value is -2.98. The predicted octanol–water partition coefficient (Wildman–Crippen LogP) is -2.13. The van der Waals surface area contributed by atoms with E-state index in [-0.39, 0.29) is 19.3 Å². The van der Waals surface area contributed by atoms with Crippen LogP contribution in [0, 0.1) is 0 Å². The molecule has 3 unspecified atom stereocenters. The van der Waals surface area contributed by atoms with Crippen LogP contribution in [0.3, 0.4) is 0 Å². The van der Waals surface area contributed by atoms with Gasteiger partial charge in [0.25, 0.3) is 0 Å². The molecular weight excluding hydrogens is 356 g/mol. The van der Waals surface area contributed by atoms with E-state index in [2.05, 4.69) is 10.6 Å². The minimum atomic E-state index is -1.50. The molecular formula is C17H24N4O6. The van der Waals surface area contributed by atoms with Gasteiger partial charge in [-0.25, -0.2) is 4.79 Å². The van der Waals surface area contributed by atoms with Crippen LogP contribution in [0.2, 0.25) is 0 Å². The summed E-state index contributed by atoms with van der Waals surface area (Å²) in [6.07, 6.45) is 0.00366. The quantitative estimate of drug-likeness (QED) is 0.253. The van der Waals surface area contributed by atoms with Gasteiger partial charge in [-0.05, 0) is 12.0 Å². The highest BCUT2D eigenvalue weighted by molar-refractivity contribution is 5.92. The minimum Gasteiger partial charge on any atom is -0.480 e. The topological polar surface area (TPSA) is 185 Å². The Labute approximate surface area is 155 Å². The molecule has 0 bridgehead atoms. The average Bonchev–Trinajstić information content (AvgIpc) is 2.63. The van der Waals surface area contributed by atoms with Gasteiger partial charge >= 0.3 is 5.97 Å². The number of carboxylic acids is 1. The predicted molar refractivity (Wildman–Crippen MR) is 95.1 cm³/mol. The third kappa shape index (κ3) is 7.84. The van der Waals surface area contributed by atoms with E-state index in [1.807, 2.05) is 0 Å². The van der Waals surface area contributed by atoms with Gasteiger partial charge in [0.05, 0.1) is 12.6 Å². The van der Waals surface area contributed by atoms with Crippen LogP contribution in [-0.4, -0.2) is 58.6 Å². The molecule has 0 spiro atoms. The molecule has 0 fully saturated rings. The smallest absolute Gasteiger partial charge is 0.328 e. The van der Waals surface area contributed by atoms with Crippen molar-refractivity contribution in [3.8, 4) is 0 Å². The van der Waals surface area contributed by atoms with Crippen LogP contribution in [0.25, 0.3) is 0 Å². The number of aliphatic carboxylic acids is 1. The Bertz CT molecular complexity index is 667. The molecule has 0 saturated heterocycles. The molecule has 3 amide bonds. The van der Waals surface area contributed by atoms with Crippen molar-refractivity contribution in [1.82, 2.24) is 10.6 Å². The van der Waals surface area contributed by atoms with Crippen molar-refractivity contribution in [2.45, 2.75) is 37.4 Å². The lowest BCUT2D eigenvalue weighted by Gasteiger charge is -2.22. The summed E-state index contributed by atoms with van der Waals surface area (Å²) >= 11 is 0. The molecule has 0 heterocycles. The second-order valence-corrected chi connectivity index (χ2v) is 5.94. The number of rotatable bonds is 11. The highest BCUT2D eigenvalue weighted by Gasteiger charge is 2.27. The summed E-state index contributed by atoms with van der Waals surface area (Å²) < 4.78 is 0. The largest absolute Gasteiger partial charge is 0.480 e. The summed E-state index contributed by atoms with van der Waals surface area (Å²) in [5, 5.41) is 22.6. The Morgan fingerprint density at radius 1 is 1.00 bits per heavy atom. The zero-order valence-electron chi connectivity index (χ0n) is 14.6. The van der Waals surface area contributed by atoms with E-state index in [0.717, 1.165) is 5.56 Å². The monoisotopic (exact) mass is 380 g/mol. The number of carboxylic acid groups (broad SMARTS) is 1. The highest BCUT2D eigenvalue weighted by Crippen LogP contribution is 2.05. The van der Waals surface area contributed by atoms with Gasteiger partial charge in [-0.2, -0.15) is 0 Å². The van der Waals surface area contributed by atoms with Gasteiger partial charge in [0.1, 0.15) is 12.1 Å². The van der Waals surface area contributed by atoms with Crippen LogP contribution < -0.4 is 22.1 Å². The average molecular weight is 380 g/mol. The Morgan fingerprint density at radius 3 is 2.11 bits per heavy atom. The third-order valence-corrected chi connectivity index (χ3v) is 3.75. The molecule has 0 aliphatic heterocycles. The van der Waals surface area contributed by atoms with E-state index >= 15 is 0 Å². The van der Waals surface area contributed by atoms with Gasteiger partial charge < -0.3 is 32.3 Å². The van der Waals surface area contributed by atoms with Crippen molar-refractivity contribution >= 4 is 23.7 Å². The zero-order chi connectivity index (χ0) is 20.4. The lowest BCUT2D eigenvalue weighted by Crippen LogP contribution is -2.56. The highest BCUT2D eigenvalue weighted by atomic mass is 16.4. The lowest BCUT2D eigenvalue weighted by molar-refractivity contribution is -0.143. The first-order chi connectivity index (χ1) is 12.7. The number of benzene rings is 1. The van der Waals surface area contributed by atoms with E-state index in [1.165, 1.54) is 0 Å². The summed E-state index contributed by atoms with van der Waals surface area (Å²) in [6.45, 7) is -0.800. The molecule has 1 aromatic carbocycles. The number of primary amides is 1. The van der Waals surface area contributed by atoms with Gasteiger partial charge in [0, 0.05) is 12.8 Å². The van der Waals surface area contributed by atoms with Crippen LogP contribution in [0.5, 0.6) is 0 Å². The molecule has 0 aliphatic carbocycles. The summed E-state index contributed by atoms with van der Waals surface area (Å²) in [5.41, 5.74) is 11.4. The second-order valence-electron chi connectivity index (χ2n) is 5.94. The number of aliphatic hydroxyl groups is 1. The van der Waals surface area contributed by atoms with Crippen molar-refractivity contribution in [1.29, 1.82) is 0 Å². The summed E-state index contributed by atoms with van der Waals surface area (Å²) in [4.78, 5) is 46.5. The Morgan fingerprint density at radius 2 is 1.59 bits per heavy atom. The molecule has 1 rings (SSSR count). The number of nitrogens with one attached hydrogen (secondary N) is 2. The lowest BCUT2D eigenvalue weighted by atomic mass is 10.0. The molecule has 3 atom stereocenters. The fourth-order valence-electron chi connectivity index (χ4n) is 2.22. The van der Waals surface area contributed by atoms with Gasteiger partial charge in [0.2, 0.25) is 17.7 Å². The number of amides is 3. The first-order valence-electron chi connectivity index (χ1n) is 8.26. The Balaban J connectivity index is 2.86. The van der Waals surface area contributed by atoms with E-state index in [1.54, 1.807) is 30.3 Å². The maximum Gasteiger partial charge on any atom is 0.328 e. The molecule has 27 heavy (non-hydrogen) atoms. The van der Waals surface area contributed by atoms with Crippen molar-refractivity contribution in [2.24, 2.45) is 11.5 Å². The minimum absolute atomic E-state index is 0.00916. The summed E-state index contributed by atoms with van der Waals surface area (Å²) in [6, 6.07) is 5.07. The molecule has 0 radical (unpaired) electrons. The molecule has 10 heteroatoms. The van der Waals surface area contributed by atoms with E-state index in [9.17, 15) is 19.2 Å². The maximum absolute atomic E-state index is 12.4. The Kier molecular flexibility index (Phi) is 8.90. The fraction of sp³-hybridized carbons (Fsp3) is 0.412. The SMILES string of the molecule is NC(=O)CCC(N)C(=O)NC(Cc1ccccc1)C(=O)NC(CO)C(=O)O. The number of hydrogen-bond donors (Lipinski definition) is 6. The molecule has 10 nitrogen and oxygen atoms in total. The zero-order valence-corrected chi connectivity index (χ0v) is 14.6. The van der Waals surface area contributed by atoms with E-state index in [4.69, 9.17) is 21.7 Å². The number of carbonyl (C=O) groups is 4. The molecule has 1 aromatic rings. The van der Waals surface area contributed by atoms with Gasteiger partial charge in [0.15, 0.2) is 0 Å². The molecule has 0 aromatic heterocycles. The van der Waals surface area contributed by atoms with Gasteiger partial charge in [-0.3, -0.25) is 14.4 Å². The summed E-state index contributed by atoms with van der Waals surface area (Å²) in [7, 11) is 0. The van der Waals surface area contributed by atoms with E-state index < -0.39 is 48.4 Å². The number of hydrogen-bond acceptors (Lipinski definition) is 6. The first-order valence-corrected chi connectivity index (χ1v) is 8.26. The van der Waals surface area contributed by atoms with Crippen LogP contribution in [0.1, 0.15) is 18.4 Å². The fourth-order valence-corrected chi connectivity index (χ4v) is 2.22. The number of carbonyl (C=O) groups excluding carboxylic acids is 3. The van der Waals surface area contributed by atoms with Crippen LogP contribution >= 0.6 is 0 Å². The molecule has 148 valence electrons. The molecule has 8 N–H and O–H groups in total. The normalized spacial score (nSPS) is 13.9. The summed E-state index contributed by atoms with van der Waals surface area (Å²) in [5.74, 6) is -3.48. The van der Waals surface area contributed by atoms with Crippen molar-refractivity contribution in [3.05, 3.63) is 35.9 Å². The molecule has 0 saturated carbocycles. The van der Waals surface area contributed by atoms with Crippen molar-refractivity contribution in [2.75, 3.05) is 6.61 Å². The van der Waals surface area contributed by atoms with Crippen molar-refractivity contribution < 1.29 is 29.4 Å². The third-order valence-electron chi connectivity index (χ3n) is 3.75. The first kappa shape index (κ1) is 22.1. The second kappa shape index (κ2) is 10.9. The standard InChI is InChI=1S/C17H24N4O6/c18-11(6-7-14(19)23)15(24)20-12(8-10-4-2-1-3-5-10)16(25)21-13(9-22)17(26)27/h1-5,11-13,22H,6-9,18H2,(H2,19,23)(H,20,24)(H,21,25)(H,26,27). The van der Waals surface area contributed by atoms with Crippen LogP contribution in [-0.2, 0) is 25.6 Å². The maximum atomic E-state index is 12.4. The number of nitrogens with two attached hydrogens (primary N) is 2. The number of aliphatic hydroxyl groups excluding tert-OH is 1. The van der Waals surface area contributed by atoms with Gasteiger partial charge in [-0.1, -0.05) is 30.3 Å². The van der Waals surface area contributed by atoms with Crippen molar-refractivity contribution in [3.63, 3.8) is 0 Å². The molecule has 0 aliphatic rings. The van der Waals surface area contributed by atoms with Crippen LogP contribution in [0.15, 0.2) is 30.3 Å². The van der Waals surface area contributed by atoms with Gasteiger partial charge in [-0.15, -0.1) is 0 Å².